The molecule has 0 bridgehead atoms. The number of rotatable bonds is 4. The first kappa shape index (κ1) is 19.9. The molecule has 0 amide bonds. The van der Waals surface area contributed by atoms with Gasteiger partial charge >= 0.3 is 0 Å². The van der Waals surface area contributed by atoms with Gasteiger partial charge in [0.1, 0.15) is 5.58 Å². The van der Waals surface area contributed by atoms with Gasteiger partial charge in [-0.1, -0.05) is 48.0 Å². The summed E-state index contributed by atoms with van der Waals surface area (Å²) in [5.74, 6) is 0.833. The van der Waals surface area contributed by atoms with Crippen LogP contribution in [0.3, 0.4) is 0 Å². The number of benzene rings is 3. The summed E-state index contributed by atoms with van der Waals surface area (Å²) >= 11 is 0. The third-order valence-electron chi connectivity index (χ3n) is 5.80. The lowest BCUT2D eigenvalue weighted by Crippen LogP contribution is -2.20. The Morgan fingerprint density at radius 3 is 2.56 bits per heavy atom. The van der Waals surface area contributed by atoms with Crippen molar-refractivity contribution in [2.24, 2.45) is 5.10 Å². The van der Waals surface area contributed by atoms with Gasteiger partial charge in [-0.3, -0.25) is 4.79 Å². The molecule has 0 aliphatic heterocycles. The zero-order valence-electron chi connectivity index (χ0n) is 18.4. The fraction of sp³-hybridized carbons (Fsp3) is 0.0357. The Labute approximate surface area is 195 Å². The third kappa shape index (κ3) is 3.42. The maximum atomic E-state index is 13.5. The van der Waals surface area contributed by atoms with Gasteiger partial charge in [0.05, 0.1) is 22.8 Å². The lowest BCUT2D eigenvalue weighted by molar-refractivity contribution is 0.616. The van der Waals surface area contributed by atoms with Crippen LogP contribution in [0.5, 0.6) is 0 Å². The highest BCUT2D eigenvalue weighted by Gasteiger charge is 2.16. The van der Waals surface area contributed by atoms with E-state index < -0.39 is 0 Å². The van der Waals surface area contributed by atoms with Gasteiger partial charge in [0.2, 0.25) is 5.82 Å². The monoisotopic (exact) mass is 444 g/mol. The van der Waals surface area contributed by atoms with Gasteiger partial charge in [0.15, 0.2) is 5.76 Å². The van der Waals surface area contributed by atoms with Gasteiger partial charge in [-0.15, -0.1) is 0 Å². The van der Waals surface area contributed by atoms with Crippen LogP contribution in [0.4, 0.5) is 0 Å². The summed E-state index contributed by atoms with van der Waals surface area (Å²) in [5.41, 5.74) is 4.10. The van der Waals surface area contributed by atoms with Gasteiger partial charge in [0, 0.05) is 17.3 Å². The quantitative estimate of drug-likeness (QED) is 0.323. The maximum absolute atomic E-state index is 13.5. The Morgan fingerprint density at radius 2 is 1.71 bits per heavy atom. The summed E-state index contributed by atoms with van der Waals surface area (Å²) < 4.78 is 9.37. The van der Waals surface area contributed by atoms with E-state index in [4.69, 9.17) is 9.40 Å². The smallest absolute Gasteiger partial charge is 0.282 e. The van der Waals surface area contributed by atoms with E-state index in [1.54, 1.807) is 12.3 Å². The zero-order chi connectivity index (χ0) is 23.1. The first-order chi connectivity index (χ1) is 16.7. The first-order valence-corrected chi connectivity index (χ1v) is 11.0. The van der Waals surface area contributed by atoms with Crippen molar-refractivity contribution in [1.82, 2.24) is 14.2 Å². The molecule has 164 valence electrons. The predicted octanol–water partition coefficient (Wildman–Crippen LogP) is 5.79. The molecule has 6 rings (SSSR count). The Balaban J connectivity index is 1.52. The van der Waals surface area contributed by atoms with Crippen LogP contribution in [-0.4, -0.2) is 20.4 Å². The topological polar surface area (TPSA) is 65.3 Å². The van der Waals surface area contributed by atoms with Gasteiger partial charge in [-0.2, -0.15) is 9.78 Å². The van der Waals surface area contributed by atoms with E-state index in [1.165, 1.54) is 10.2 Å². The van der Waals surface area contributed by atoms with Crippen LogP contribution in [0.15, 0.2) is 112 Å². The normalized spacial score (nSPS) is 11.7. The minimum Gasteiger partial charge on any atom is -0.453 e. The second-order valence-electron chi connectivity index (χ2n) is 8.10. The molecule has 0 fully saturated rings. The van der Waals surface area contributed by atoms with E-state index in [1.807, 2.05) is 71.4 Å². The molecule has 0 aliphatic carbocycles. The lowest BCUT2D eigenvalue weighted by atomic mass is 10.2. The molecule has 6 nitrogen and oxygen atoms in total. The van der Waals surface area contributed by atoms with Gasteiger partial charge < -0.3 is 8.98 Å². The Hall–Kier alpha value is -4.71. The second kappa shape index (κ2) is 8.01. The first-order valence-electron chi connectivity index (χ1n) is 11.0. The number of furan rings is 1. The van der Waals surface area contributed by atoms with E-state index in [-0.39, 0.29) is 5.56 Å². The van der Waals surface area contributed by atoms with Crippen LogP contribution < -0.4 is 5.56 Å². The zero-order valence-corrected chi connectivity index (χ0v) is 18.4. The molecule has 3 heterocycles. The van der Waals surface area contributed by atoms with Crippen LogP contribution in [0.1, 0.15) is 11.3 Å². The average Bonchev–Trinajstić information content (AvgIpc) is 3.51. The molecule has 0 spiro atoms. The number of hydrogen-bond acceptors (Lipinski definition) is 4. The lowest BCUT2D eigenvalue weighted by Gasteiger charge is -2.09. The molecule has 0 aliphatic rings. The Kier molecular flexibility index (Phi) is 4.70. The Morgan fingerprint density at radius 1 is 0.912 bits per heavy atom. The van der Waals surface area contributed by atoms with Gasteiger partial charge in [-0.25, -0.2) is 4.98 Å². The molecular formula is C28H20N4O2. The Bertz CT molecular complexity index is 1700. The van der Waals surface area contributed by atoms with Gasteiger partial charge in [-0.05, 0) is 55.5 Å². The molecule has 3 aromatic carbocycles. The summed E-state index contributed by atoms with van der Waals surface area (Å²) in [5, 5.41) is 6.01. The molecule has 0 saturated carbocycles. The SMILES string of the molecule is Cc1ccc(-n2cccc2C=Nn2c(-c3cc4ccccc4o3)nc3ccccc3c2=O)cc1. The minimum atomic E-state index is -0.259. The highest BCUT2D eigenvalue weighted by atomic mass is 16.3. The maximum Gasteiger partial charge on any atom is 0.282 e. The number of aromatic nitrogens is 3. The van der Waals surface area contributed by atoms with E-state index in [2.05, 4.69) is 36.3 Å². The highest BCUT2D eigenvalue weighted by Crippen LogP contribution is 2.27. The number of nitrogens with zero attached hydrogens (tertiary/aromatic N) is 4. The molecule has 0 radical (unpaired) electrons. The van der Waals surface area contributed by atoms with Crippen molar-refractivity contribution in [2.75, 3.05) is 0 Å². The molecule has 6 aromatic rings. The van der Waals surface area contributed by atoms with E-state index in [0.29, 0.717) is 22.5 Å². The second-order valence-corrected chi connectivity index (χ2v) is 8.10. The molecule has 34 heavy (non-hydrogen) atoms. The minimum absolute atomic E-state index is 0.259. The molecule has 6 heteroatoms. The number of para-hydroxylation sites is 2. The standard InChI is InChI=1S/C28H20N4O2/c1-19-12-14-21(15-13-19)31-16-6-8-22(31)18-29-32-27(26-17-20-7-2-5-11-25(20)34-26)30-24-10-4-3-9-23(24)28(32)33/h2-18H,1H3. The van der Waals surface area contributed by atoms with Crippen molar-refractivity contribution in [3.8, 4) is 17.3 Å². The van der Waals surface area contributed by atoms with Crippen LogP contribution in [0, 0.1) is 6.92 Å². The van der Waals surface area contributed by atoms with E-state index >= 15 is 0 Å². The summed E-state index contributed by atoms with van der Waals surface area (Å²) in [7, 11) is 0. The molecule has 0 atom stereocenters. The highest BCUT2D eigenvalue weighted by molar-refractivity contribution is 5.84. The summed E-state index contributed by atoms with van der Waals surface area (Å²) in [6.45, 7) is 2.06. The summed E-state index contributed by atoms with van der Waals surface area (Å²) in [6.07, 6.45) is 3.64. The van der Waals surface area contributed by atoms with Crippen LogP contribution in [0.25, 0.3) is 39.1 Å². The average molecular weight is 444 g/mol. The van der Waals surface area contributed by atoms with Crippen molar-refractivity contribution in [2.45, 2.75) is 6.92 Å². The van der Waals surface area contributed by atoms with Gasteiger partial charge in [0.25, 0.3) is 5.56 Å². The van der Waals surface area contributed by atoms with Crippen molar-refractivity contribution < 1.29 is 4.42 Å². The van der Waals surface area contributed by atoms with E-state index in [9.17, 15) is 4.79 Å². The molecule has 0 saturated heterocycles. The van der Waals surface area contributed by atoms with Crippen molar-refractivity contribution >= 4 is 28.1 Å². The summed E-state index contributed by atoms with van der Waals surface area (Å²) in [6, 6.07) is 29.0. The molecule has 3 aromatic heterocycles. The molecule has 0 N–H and O–H groups in total. The van der Waals surface area contributed by atoms with E-state index in [0.717, 1.165) is 22.4 Å². The van der Waals surface area contributed by atoms with Crippen LogP contribution in [0.2, 0.25) is 0 Å². The third-order valence-corrected chi connectivity index (χ3v) is 5.80. The number of hydrogen-bond donors (Lipinski definition) is 0. The number of fused-ring (bicyclic) bond motifs is 2. The molecule has 0 unspecified atom stereocenters. The largest absolute Gasteiger partial charge is 0.453 e. The molecular weight excluding hydrogens is 424 g/mol. The fourth-order valence-electron chi connectivity index (χ4n) is 4.04. The van der Waals surface area contributed by atoms with Crippen molar-refractivity contribution in [1.29, 1.82) is 0 Å². The van der Waals surface area contributed by atoms with Crippen LogP contribution >= 0.6 is 0 Å². The van der Waals surface area contributed by atoms with Crippen LogP contribution in [-0.2, 0) is 0 Å². The van der Waals surface area contributed by atoms with Crippen molar-refractivity contribution in [3.05, 3.63) is 119 Å². The predicted molar refractivity (Wildman–Crippen MR) is 135 cm³/mol. The summed E-state index contributed by atoms with van der Waals surface area (Å²) in [4.78, 5) is 18.2. The number of aryl methyl sites for hydroxylation is 1. The fourth-order valence-corrected chi connectivity index (χ4v) is 4.04. The van der Waals surface area contributed by atoms with Crippen molar-refractivity contribution in [3.63, 3.8) is 0 Å².